The number of urea groups is 1. The third-order valence-electron chi connectivity index (χ3n) is 6.96. The number of halogens is 2. The number of nitrogens with zero attached hydrogens (tertiary/aromatic N) is 2. The maximum atomic E-state index is 14.1. The smallest absolute Gasteiger partial charge is 0.327 e. The van der Waals surface area contributed by atoms with Crippen LogP contribution in [-0.4, -0.2) is 65.0 Å². The van der Waals surface area contributed by atoms with E-state index in [-0.39, 0.29) is 5.78 Å². The predicted octanol–water partition coefficient (Wildman–Crippen LogP) is 5.60. The monoisotopic (exact) mass is 558 g/mol. The number of likely N-dealkylation sites (tertiary alicyclic amines) is 1. The largest absolute Gasteiger partial charge is 0.480 e. The zero-order valence-electron chi connectivity index (χ0n) is 19.6. The van der Waals surface area contributed by atoms with Crippen molar-refractivity contribution in [2.24, 2.45) is 5.92 Å². The van der Waals surface area contributed by atoms with E-state index in [0.29, 0.717) is 52.4 Å². The van der Waals surface area contributed by atoms with E-state index in [1.807, 2.05) is 5.38 Å². The van der Waals surface area contributed by atoms with E-state index in [9.17, 15) is 19.5 Å². The quantitative estimate of drug-likeness (QED) is 0.412. The van der Waals surface area contributed by atoms with Crippen molar-refractivity contribution < 1.29 is 24.2 Å². The zero-order chi connectivity index (χ0) is 26.1. The third-order valence-corrected chi connectivity index (χ3v) is 8.34. The van der Waals surface area contributed by atoms with Crippen LogP contribution in [0.5, 0.6) is 0 Å². The first kappa shape index (κ1) is 25.7. The highest BCUT2D eigenvalue weighted by Crippen LogP contribution is 2.52. The maximum absolute atomic E-state index is 14.1. The number of ketones is 1. The number of carboxylic acid groups (broad SMARTS) is 1. The number of Topliss-reactive ketones (excluding diaryl/α,β-unsaturated/α-hetero) is 1. The van der Waals surface area contributed by atoms with Crippen LogP contribution in [0.4, 0.5) is 4.79 Å². The summed E-state index contributed by atoms with van der Waals surface area (Å²) in [5.41, 5.74) is 1.27. The second kappa shape index (κ2) is 10.8. The van der Waals surface area contributed by atoms with E-state index in [1.54, 1.807) is 65.6 Å². The fourth-order valence-electron chi connectivity index (χ4n) is 5.33. The molecule has 5 rings (SSSR count). The first-order valence-corrected chi connectivity index (χ1v) is 13.5. The molecule has 1 N–H and O–H groups in total. The molecule has 2 aliphatic rings. The SMILES string of the molecule is O=C(c1cccs1)C1C(c2ccc(Cl)cc2)C(C(=O)O)N(C(=O)N2CCOCC2)C1c1ccc(Cl)cc1. The van der Waals surface area contributed by atoms with Crippen LogP contribution in [-0.2, 0) is 9.53 Å². The van der Waals surface area contributed by atoms with Crippen LogP contribution >= 0.6 is 34.5 Å². The van der Waals surface area contributed by atoms with Crippen LogP contribution in [0.25, 0.3) is 0 Å². The Hall–Kier alpha value is -2.91. The van der Waals surface area contributed by atoms with Crippen LogP contribution < -0.4 is 0 Å². The van der Waals surface area contributed by atoms with Crippen LogP contribution in [0.2, 0.25) is 10.0 Å². The van der Waals surface area contributed by atoms with Crippen LogP contribution in [0, 0.1) is 5.92 Å². The molecule has 4 atom stereocenters. The topological polar surface area (TPSA) is 87.2 Å². The van der Waals surface area contributed by atoms with Crippen LogP contribution in [0.15, 0.2) is 66.0 Å². The average Bonchev–Trinajstić information content (AvgIpc) is 3.56. The van der Waals surface area contributed by atoms with Gasteiger partial charge < -0.3 is 19.6 Å². The van der Waals surface area contributed by atoms with E-state index in [1.165, 1.54) is 16.2 Å². The number of benzene rings is 2. The summed E-state index contributed by atoms with van der Waals surface area (Å²) >= 11 is 13.6. The molecule has 7 nitrogen and oxygen atoms in total. The van der Waals surface area contributed by atoms with Gasteiger partial charge in [-0.05, 0) is 46.8 Å². The number of aliphatic carboxylic acids is 1. The molecule has 0 saturated carbocycles. The Morgan fingerprint density at radius 1 is 0.892 bits per heavy atom. The Kier molecular flexibility index (Phi) is 7.53. The van der Waals surface area contributed by atoms with Gasteiger partial charge in [-0.15, -0.1) is 11.3 Å². The van der Waals surface area contributed by atoms with Gasteiger partial charge in [-0.3, -0.25) is 4.79 Å². The van der Waals surface area contributed by atoms with Gasteiger partial charge in [-0.25, -0.2) is 9.59 Å². The molecule has 4 unspecified atom stereocenters. The van der Waals surface area contributed by atoms with Gasteiger partial charge in [0.2, 0.25) is 0 Å². The van der Waals surface area contributed by atoms with E-state index in [0.717, 1.165) is 0 Å². The number of morpholine rings is 1. The molecule has 0 aliphatic carbocycles. The Balaban J connectivity index is 1.72. The molecule has 2 saturated heterocycles. The number of carbonyl (C=O) groups excluding carboxylic acids is 2. The van der Waals surface area contributed by atoms with Crippen molar-refractivity contribution in [3.05, 3.63) is 92.1 Å². The summed E-state index contributed by atoms with van der Waals surface area (Å²) in [6.07, 6.45) is 0. The average molecular weight is 559 g/mol. The minimum Gasteiger partial charge on any atom is -0.480 e. The van der Waals surface area contributed by atoms with Crippen molar-refractivity contribution in [1.29, 1.82) is 0 Å². The Labute approximate surface area is 228 Å². The molecule has 0 bridgehead atoms. The summed E-state index contributed by atoms with van der Waals surface area (Å²) in [7, 11) is 0. The molecule has 2 amide bonds. The number of amides is 2. The number of thiophene rings is 1. The van der Waals surface area contributed by atoms with Gasteiger partial charge >= 0.3 is 12.0 Å². The second-order valence-electron chi connectivity index (χ2n) is 9.01. The lowest BCUT2D eigenvalue weighted by Gasteiger charge is -2.36. The van der Waals surface area contributed by atoms with E-state index < -0.39 is 35.9 Å². The highest BCUT2D eigenvalue weighted by atomic mass is 35.5. The van der Waals surface area contributed by atoms with Crippen molar-refractivity contribution >= 4 is 52.3 Å². The van der Waals surface area contributed by atoms with Gasteiger partial charge in [0.15, 0.2) is 5.78 Å². The summed E-state index contributed by atoms with van der Waals surface area (Å²) < 4.78 is 5.41. The molecule has 10 heteroatoms. The van der Waals surface area contributed by atoms with Gasteiger partial charge in [-0.1, -0.05) is 53.5 Å². The summed E-state index contributed by atoms with van der Waals surface area (Å²) in [6.45, 7) is 1.40. The molecule has 0 radical (unpaired) electrons. The lowest BCUT2D eigenvalue weighted by Crippen LogP contribution is -2.52. The molecule has 192 valence electrons. The van der Waals surface area contributed by atoms with Gasteiger partial charge in [0.05, 0.1) is 30.1 Å². The van der Waals surface area contributed by atoms with Gasteiger partial charge in [-0.2, -0.15) is 0 Å². The Morgan fingerprint density at radius 2 is 1.49 bits per heavy atom. The van der Waals surface area contributed by atoms with Crippen molar-refractivity contribution in [3.63, 3.8) is 0 Å². The highest BCUT2D eigenvalue weighted by Gasteiger charge is 2.58. The lowest BCUT2D eigenvalue weighted by atomic mass is 9.77. The molecule has 3 aromatic rings. The molecule has 2 fully saturated rings. The minimum absolute atomic E-state index is 0.210. The number of ether oxygens (including phenoxy) is 1. The number of rotatable bonds is 5. The summed E-state index contributed by atoms with van der Waals surface area (Å²) in [4.78, 5) is 44.6. The molecule has 2 aromatic carbocycles. The van der Waals surface area contributed by atoms with Gasteiger partial charge in [0.25, 0.3) is 0 Å². The first-order valence-electron chi connectivity index (χ1n) is 11.8. The Bertz CT molecular complexity index is 1280. The summed E-state index contributed by atoms with van der Waals surface area (Å²) in [5.74, 6) is -3.05. The van der Waals surface area contributed by atoms with Crippen LogP contribution in [0.3, 0.4) is 0 Å². The second-order valence-corrected chi connectivity index (χ2v) is 10.8. The molecule has 0 spiro atoms. The molecule has 1 aromatic heterocycles. The first-order chi connectivity index (χ1) is 17.9. The summed E-state index contributed by atoms with van der Waals surface area (Å²) in [6, 6.07) is 14.7. The molecular formula is C27H24Cl2N2O5S. The molecular weight excluding hydrogens is 535 g/mol. The lowest BCUT2D eigenvalue weighted by molar-refractivity contribution is -0.142. The van der Waals surface area contributed by atoms with Crippen molar-refractivity contribution in [3.8, 4) is 0 Å². The predicted molar refractivity (Wildman–Crippen MR) is 142 cm³/mol. The molecule has 37 heavy (non-hydrogen) atoms. The summed E-state index contributed by atoms with van der Waals surface area (Å²) in [5, 5.41) is 13.4. The number of carboxylic acids is 1. The van der Waals surface area contributed by atoms with Gasteiger partial charge in [0.1, 0.15) is 6.04 Å². The standard InChI is InChI=1S/C27H24Cl2N2O5S/c28-18-7-3-16(4-8-18)21-22(25(32)20-2-1-15-37-20)23(17-5-9-19(29)10-6-17)31(24(21)26(33)34)27(35)30-11-13-36-14-12-30/h1-10,15,21-24H,11-14H2,(H,33,34). The number of hydrogen-bond acceptors (Lipinski definition) is 5. The minimum atomic E-state index is -1.29. The van der Waals surface area contributed by atoms with E-state index in [4.69, 9.17) is 27.9 Å². The highest BCUT2D eigenvalue weighted by molar-refractivity contribution is 7.12. The van der Waals surface area contributed by atoms with E-state index in [2.05, 4.69) is 0 Å². The maximum Gasteiger partial charge on any atom is 0.327 e. The Morgan fingerprint density at radius 3 is 2.03 bits per heavy atom. The fraction of sp³-hybridized carbons (Fsp3) is 0.296. The molecule has 3 heterocycles. The zero-order valence-corrected chi connectivity index (χ0v) is 22.0. The normalized spacial score (nSPS) is 23.7. The van der Waals surface area contributed by atoms with Crippen LogP contribution in [0.1, 0.15) is 32.8 Å². The van der Waals surface area contributed by atoms with Crippen molar-refractivity contribution in [2.75, 3.05) is 26.3 Å². The number of hydrogen-bond donors (Lipinski definition) is 1. The number of carbonyl (C=O) groups is 3. The van der Waals surface area contributed by atoms with E-state index >= 15 is 0 Å². The van der Waals surface area contributed by atoms with Gasteiger partial charge in [0, 0.05) is 29.1 Å². The van der Waals surface area contributed by atoms with Crippen molar-refractivity contribution in [2.45, 2.75) is 18.0 Å². The fourth-order valence-corrected chi connectivity index (χ4v) is 6.30. The molecule has 2 aliphatic heterocycles. The van der Waals surface area contributed by atoms with Crippen molar-refractivity contribution in [1.82, 2.24) is 9.80 Å². The third kappa shape index (κ3) is 4.99.